The first-order valence-corrected chi connectivity index (χ1v) is 10.5. The summed E-state index contributed by atoms with van der Waals surface area (Å²) in [7, 11) is 3.82. The first-order valence-electron chi connectivity index (χ1n) is 9.73. The van der Waals surface area contributed by atoms with Gasteiger partial charge in [0.05, 0.1) is 12.5 Å². The first-order chi connectivity index (χ1) is 14.3. The third-order valence-electron chi connectivity index (χ3n) is 4.85. The van der Waals surface area contributed by atoms with Crippen molar-refractivity contribution < 1.29 is 14.3 Å². The Morgan fingerprint density at radius 2 is 1.93 bits per heavy atom. The number of carbonyl (C=O) groups excluding carboxylic acids is 2. The second kappa shape index (κ2) is 10.2. The van der Waals surface area contributed by atoms with Gasteiger partial charge in [-0.1, -0.05) is 53.5 Å². The summed E-state index contributed by atoms with van der Waals surface area (Å²) < 4.78 is 5.40. The average molecular weight is 450 g/mol. The van der Waals surface area contributed by atoms with Crippen molar-refractivity contribution in [3.8, 4) is 0 Å². The van der Waals surface area contributed by atoms with Crippen LogP contribution in [0.4, 0.5) is 5.69 Å². The number of amides is 1. The number of likely N-dealkylation sites (N-methyl/N-ethyl adjacent to an activating group) is 1. The molecule has 0 saturated carbocycles. The van der Waals surface area contributed by atoms with Crippen LogP contribution in [-0.2, 0) is 20.7 Å². The standard InChI is InChI=1S/C22H25Cl2N3O3/c1-27(2)8-9-30-22(29)19-13-18(21-16(24)11-15(23)12-17(21)25-19)26-20(28)10-14-6-4-3-5-7-14/h3-7,11-12,18-19,25H,8-10,13H2,1-2H3,(H,26,28). The zero-order valence-corrected chi connectivity index (χ0v) is 18.5. The molecule has 1 aliphatic heterocycles. The van der Waals surface area contributed by atoms with Gasteiger partial charge < -0.3 is 20.3 Å². The highest BCUT2D eigenvalue weighted by molar-refractivity contribution is 6.35. The van der Waals surface area contributed by atoms with Gasteiger partial charge in [0.1, 0.15) is 12.6 Å². The van der Waals surface area contributed by atoms with Gasteiger partial charge in [-0.05, 0) is 31.8 Å². The van der Waals surface area contributed by atoms with Crippen LogP contribution in [0.5, 0.6) is 0 Å². The van der Waals surface area contributed by atoms with Crippen LogP contribution in [0.15, 0.2) is 42.5 Å². The zero-order chi connectivity index (χ0) is 21.7. The van der Waals surface area contributed by atoms with E-state index in [1.807, 2.05) is 49.3 Å². The minimum atomic E-state index is -0.615. The molecule has 2 unspecified atom stereocenters. The Balaban J connectivity index is 1.76. The largest absolute Gasteiger partial charge is 0.463 e. The van der Waals surface area contributed by atoms with E-state index in [2.05, 4.69) is 10.6 Å². The van der Waals surface area contributed by atoms with Gasteiger partial charge in [-0.25, -0.2) is 4.79 Å². The van der Waals surface area contributed by atoms with E-state index in [1.54, 1.807) is 12.1 Å². The molecule has 6 nitrogen and oxygen atoms in total. The summed E-state index contributed by atoms with van der Waals surface area (Å²) in [4.78, 5) is 27.2. The number of ether oxygens (including phenoxy) is 1. The van der Waals surface area contributed by atoms with Crippen LogP contribution in [0.25, 0.3) is 0 Å². The summed E-state index contributed by atoms with van der Waals surface area (Å²) in [6.07, 6.45) is 0.568. The molecule has 2 aromatic rings. The highest BCUT2D eigenvalue weighted by Crippen LogP contribution is 2.40. The minimum Gasteiger partial charge on any atom is -0.463 e. The van der Waals surface area contributed by atoms with Gasteiger partial charge in [-0.2, -0.15) is 0 Å². The van der Waals surface area contributed by atoms with Crippen molar-refractivity contribution in [1.82, 2.24) is 10.2 Å². The lowest BCUT2D eigenvalue weighted by molar-refractivity contribution is -0.145. The number of benzene rings is 2. The first kappa shape index (κ1) is 22.4. The molecular weight excluding hydrogens is 425 g/mol. The summed E-state index contributed by atoms with van der Waals surface area (Å²) in [6.45, 7) is 0.919. The predicted molar refractivity (Wildman–Crippen MR) is 119 cm³/mol. The number of nitrogens with one attached hydrogen (secondary N) is 2. The predicted octanol–water partition coefficient (Wildman–Crippen LogP) is 3.68. The summed E-state index contributed by atoms with van der Waals surface area (Å²) in [6, 6.07) is 11.8. The topological polar surface area (TPSA) is 70.7 Å². The highest BCUT2D eigenvalue weighted by atomic mass is 35.5. The van der Waals surface area contributed by atoms with Crippen LogP contribution >= 0.6 is 23.2 Å². The molecule has 2 aromatic carbocycles. The lowest BCUT2D eigenvalue weighted by atomic mass is 9.92. The Morgan fingerprint density at radius 1 is 1.20 bits per heavy atom. The Morgan fingerprint density at radius 3 is 2.63 bits per heavy atom. The molecule has 1 amide bonds. The van der Waals surface area contributed by atoms with Gasteiger partial charge in [0.15, 0.2) is 0 Å². The number of carbonyl (C=O) groups is 2. The van der Waals surface area contributed by atoms with Gasteiger partial charge in [0.25, 0.3) is 0 Å². The zero-order valence-electron chi connectivity index (χ0n) is 17.0. The van der Waals surface area contributed by atoms with Crippen LogP contribution in [-0.4, -0.2) is 50.1 Å². The number of hydrogen-bond donors (Lipinski definition) is 2. The number of nitrogens with zero attached hydrogens (tertiary/aromatic N) is 1. The Hall–Kier alpha value is -2.28. The van der Waals surface area contributed by atoms with Gasteiger partial charge in [0, 0.05) is 34.3 Å². The second-order valence-corrected chi connectivity index (χ2v) is 8.38. The maximum Gasteiger partial charge on any atom is 0.328 e. The molecule has 8 heteroatoms. The smallest absolute Gasteiger partial charge is 0.328 e. The molecule has 3 rings (SSSR count). The third kappa shape index (κ3) is 5.88. The van der Waals surface area contributed by atoms with E-state index >= 15 is 0 Å². The van der Waals surface area contributed by atoms with Crippen molar-refractivity contribution in [2.45, 2.75) is 24.9 Å². The highest BCUT2D eigenvalue weighted by Gasteiger charge is 2.34. The van der Waals surface area contributed by atoms with Crippen molar-refractivity contribution >= 4 is 40.8 Å². The average Bonchev–Trinajstić information content (AvgIpc) is 2.67. The number of halogens is 2. The van der Waals surface area contributed by atoms with Crippen molar-refractivity contribution in [2.24, 2.45) is 0 Å². The molecular formula is C22H25Cl2N3O3. The number of fused-ring (bicyclic) bond motifs is 1. The monoisotopic (exact) mass is 449 g/mol. The Bertz CT molecular complexity index is 906. The summed E-state index contributed by atoms with van der Waals surface area (Å²) >= 11 is 12.6. The molecule has 2 N–H and O–H groups in total. The molecule has 1 aliphatic rings. The number of hydrogen-bond acceptors (Lipinski definition) is 5. The number of rotatable bonds is 7. The molecule has 2 atom stereocenters. The molecule has 0 radical (unpaired) electrons. The molecule has 0 saturated heterocycles. The number of esters is 1. The van der Waals surface area contributed by atoms with Gasteiger partial charge >= 0.3 is 5.97 Å². The molecule has 0 aliphatic carbocycles. The van der Waals surface area contributed by atoms with Gasteiger partial charge in [-0.15, -0.1) is 0 Å². The van der Waals surface area contributed by atoms with E-state index in [4.69, 9.17) is 27.9 Å². The van der Waals surface area contributed by atoms with Crippen molar-refractivity contribution in [3.05, 3.63) is 63.6 Å². The SMILES string of the molecule is CN(C)CCOC(=O)C1CC(NC(=O)Cc2ccccc2)c2c(Cl)cc(Cl)cc2N1. The fraction of sp³-hybridized carbons (Fsp3) is 0.364. The molecule has 0 spiro atoms. The molecule has 1 heterocycles. The van der Waals surface area contributed by atoms with Crippen molar-refractivity contribution in [1.29, 1.82) is 0 Å². The quantitative estimate of drug-likeness (QED) is 0.630. The van der Waals surface area contributed by atoms with Gasteiger partial charge in [0.2, 0.25) is 5.91 Å². The number of anilines is 1. The second-order valence-electron chi connectivity index (χ2n) is 7.53. The molecule has 0 fully saturated rings. The van der Waals surface area contributed by atoms with Crippen LogP contribution in [0, 0.1) is 0 Å². The maximum absolute atomic E-state index is 12.7. The van der Waals surface area contributed by atoms with E-state index in [0.29, 0.717) is 28.7 Å². The summed E-state index contributed by atoms with van der Waals surface area (Å²) in [5.74, 6) is -0.523. The molecule has 0 bridgehead atoms. The van der Waals surface area contributed by atoms with Crippen LogP contribution in [0.1, 0.15) is 23.6 Å². The summed E-state index contributed by atoms with van der Waals surface area (Å²) in [5.41, 5.74) is 2.25. The lowest BCUT2D eigenvalue weighted by Crippen LogP contribution is -2.42. The van der Waals surface area contributed by atoms with Crippen LogP contribution in [0.2, 0.25) is 10.0 Å². The van der Waals surface area contributed by atoms with E-state index < -0.39 is 12.1 Å². The fourth-order valence-corrected chi connectivity index (χ4v) is 4.03. The van der Waals surface area contributed by atoms with Crippen molar-refractivity contribution in [2.75, 3.05) is 32.6 Å². The van der Waals surface area contributed by atoms with Crippen LogP contribution < -0.4 is 10.6 Å². The summed E-state index contributed by atoms with van der Waals surface area (Å²) in [5, 5.41) is 7.07. The Kier molecular flexibility index (Phi) is 7.58. The van der Waals surface area contributed by atoms with E-state index in [1.165, 1.54) is 0 Å². The van der Waals surface area contributed by atoms with Crippen molar-refractivity contribution in [3.63, 3.8) is 0 Å². The molecule has 0 aromatic heterocycles. The molecule has 30 heavy (non-hydrogen) atoms. The van der Waals surface area contributed by atoms with E-state index in [9.17, 15) is 9.59 Å². The molecule has 160 valence electrons. The lowest BCUT2D eigenvalue weighted by Gasteiger charge is -2.33. The minimum absolute atomic E-state index is 0.148. The maximum atomic E-state index is 12.7. The fourth-order valence-electron chi connectivity index (χ4n) is 3.40. The normalized spacial score (nSPS) is 17.8. The van der Waals surface area contributed by atoms with E-state index in [-0.39, 0.29) is 24.9 Å². The van der Waals surface area contributed by atoms with Gasteiger partial charge in [-0.3, -0.25) is 4.79 Å². The Labute approximate surface area is 186 Å². The van der Waals surface area contributed by atoms with Crippen LogP contribution in [0.3, 0.4) is 0 Å². The van der Waals surface area contributed by atoms with E-state index in [0.717, 1.165) is 11.1 Å². The third-order valence-corrected chi connectivity index (χ3v) is 5.38.